The standard InChI is InChI=1S/C20H32N4O3/c1-3-27-20(26)17(12-14-8-5-4-6-9-14)22-19(25)18-13-16(23-24(18)2)15-10-7-11-21-15/h13-15,17,21H,3-12H2,1-2H3,(H,22,25). The lowest BCUT2D eigenvalue weighted by molar-refractivity contribution is -0.146. The Labute approximate surface area is 161 Å². The normalized spacial score (nSPS) is 21.8. The molecule has 1 aliphatic carbocycles. The van der Waals surface area contributed by atoms with Crippen molar-refractivity contribution in [1.82, 2.24) is 20.4 Å². The minimum Gasteiger partial charge on any atom is -0.464 e. The first kappa shape index (κ1) is 19.9. The van der Waals surface area contributed by atoms with Gasteiger partial charge < -0.3 is 15.4 Å². The fourth-order valence-corrected chi connectivity index (χ4v) is 4.25. The van der Waals surface area contributed by atoms with Gasteiger partial charge in [0, 0.05) is 7.05 Å². The first-order valence-corrected chi connectivity index (χ1v) is 10.3. The molecule has 2 atom stereocenters. The number of aryl methyl sites for hydroxylation is 1. The summed E-state index contributed by atoms with van der Waals surface area (Å²) in [6.45, 7) is 3.09. The van der Waals surface area contributed by atoms with Crippen LogP contribution in [-0.2, 0) is 16.6 Å². The van der Waals surface area contributed by atoms with Crippen molar-refractivity contribution in [1.29, 1.82) is 0 Å². The van der Waals surface area contributed by atoms with Crippen molar-refractivity contribution >= 4 is 11.9 Å². The number of nitrogens with one attached hydrogen (secondary N) is 2. The van der Waals surface area contributed by atoms with E-state index < -0.39 is 6.04 Å². The summed E-state index contributed by atoms with van der Waals surface area (Å²) in [6.07, 6.45) is 8.71. The van der Waals surface area contributed by atoms with Crippen molar-refractivity contribution in [2.24, 2.45) is 13.0 Å². The highest BCUT2D eigenvalue weighted by Gasteiger charge is 2.29. The summed E-state index contributed by atoms with van der Waals surface area (Å²) in [5.41, 5.74) is 1.37. The molecule has 7 nitrogen and oxygen atoms in total. The molecule has 2 unspecified atom stereocenters. The van der Waals surface area contributed by atoms with Crippen LogP contribution in [0.3, 0.4) is 0 Å². The van der Waals surface area contributed by atoms with Gasteiger partial charge in [0.2, 0.25) is 0 Å². The van der Waals surface area contributed by atoms with E-state index in [4.69, 9.17) is 4.74 Å². The van der Waals surface area contributed by atoms with Gasteiger partial charge in [-0.2, -0.15) is 5.10 Å². The Balaban J connectivity index is 1.68. The van der Waals surface area contributed by atoms with Crippen LogP contribution in [0.4, 0.5) is 0 Å². The van der Waals surface area contributed by atoms with Crippen molar-refractivity contribution in [2.45, 2.75) is 70.4 Å². The van der Waals surface area contributed by atoms with Crippen molar-refractivity contribution < 1.29 is 14.3 Å². The Morgan fingerprint density at radius 1 is 1.30 bits per heavy atom. The number of amides is 1. The first-order valence-electron chi connectivity index (χ1n) is 10.3. The SMILES string of the molecule is CCOC(=O)C(CC1CCCCC1)NC(=O)c1cc(C2CCCN2)nn1C. The molecule has 0 radical (unpaired) electrons. The molecule has 7 heteroatoms. The molecule has 0 spiro atoms. The van der Waals surface area contributed by atoms with Crippen LogP contribution in [0.15, 0.2) is 6.07 Å². The van der Waals surface area contributed by atoms with E-state index in [1.165, 1.54) is 19.3 Å². The average Bonchev–Trinajstić information content (AvgIpc) is 3.31. The number of hydrogen-bond donors (Lipinski definition) is 2. The van der Waals surface area contributed by atoms with Crippen LogP contribution in [0.5, 0.6) is 0 Å². The van der Waals surface area contributed by atoms with Crippen molar-refractivity contribution in [2.75, 3.05) is 13.2 Å². The molecule has 1 saturated carbocycles. The van der Waals surface area contributed by atoms with Crippen LogP contribution in [0.2, 0.25) is 0 Å². The number of carbonyl (C=O) groups is 2. The van der Waals surface area contributed by atoms with Crippen LogP contribution < -0.4 is 10.6 Å². The lowest BCUT2D eigenvalue weighted by Gasteiger charge is -2.26. The second kappa shape index (κ2) is 9.35. The van der Waals surface area contributed by atoms with Gasteiger partial charge in [-0.1, -0.05) is 32.1 Å². The molecule has 2 heterocycles. The maximum absolute atomic E-state index is 12.9. The van der Waals surface area contributed by atoms with Gasteiger partial charge in [-0.25, -0.2) is 4.79 Å². The third kappa shape index (κ3) is 5.09. The predicted molar refractivity (Wildman–Crippen MR) is 102 cm³/mol. The topological polar surface area (TPSA) is 85.2 Å². The minimum atomic E-state index is -0.594. The van der Waals surface area contributed by atoms with Gasteiger partial charge in [0.25, 0.3) is 5.91 Å². The lowest BCUT2D eigenvalue weighted by atomic mass is 9.85. The van der Waals surface area contributed by atoms with E-state index in [0.717, 1.165) is 37.9 Å². The fourth-order valence-electron chi connectivity index (χ4n) is 4.25. The minimum absolute atomic E-state index is 0.209. The van der Waals surface area contributed by atoms with E-state index in [1.54, 1.807) is 18.7 Å². The third-order valence-electron chi connectivity index (χ3n) is 5.72. The molecular weight excluding hydrogens is 344 g/mol. The summed E-state index contributed by atoms with van der Waals surface area (Å²) < 4.78 is 6.82. The second-order valence-electron chi connectivity index (χ2n) is 7.74. The number of hydrogen-bond acceptors (Lipinski definition) is 5. The maximum Gasteiger partial charge on any atom is 0.328 e. The number of esters is 1. The highest BCUT2D eigenvalue weighted by molar-refractivity contribution is 5.95. The molecule has 1 saturated heterocycles. The van der Waals surface area contributed by atoms with E-state index in [2.05, 4.69) is 15.7 Å². The number of rotatable bonds is 7. The first-order chi connectivity index (χ1) is 13.1. The summed E-state index contributed by atoms with van der Waals surface area (Å²) in [5, 5.41) is 10.8. The highest BCUT2D eigenvalue weighted by Crippen LogP contribution is 2.28. The predicted octanol–water partition coefficient (Wildman–Crippen LogP) is 2.48. The molecule has 1 aromatic heterocycles. The molecule has 3 rings (SSSR count). The molecule has 2 N–H and O–H groups in total. The Kier molecular flexibility index (Phi) is 6.88. The largest absolute Gasteiger partial charge is 0.464 e. The fraction of sp³-hybridized carbons (Fsp3) is 0.750. The zero-order valence-electron chi connectivity index (χ0n) is 16.5. The van der Waals surface area contributed by atoms with Gasteiger partial charge in [-0.05, 0) is 44.7 Å². The molecule has 1 aliphatic heterocycles. The Hall–Kier alpha value is -1.89. The quantitative estimate of drug-likeness (QED) is 0.714. The molecule has 0 bridgehead atoms. The summed E-state index contributed by atoms with van der Waals surface area (Å²) in [6, 6.07) is 1.45. The van der Waals surface area contributed by atoms with Gasteiger partial charge in [0.05, 0.1) is 18.3 Å². The Bertz CT molecular complexity index is 646. The van der Waals surface area contributed by atoms with Gasteiger partial charge in [-0.15, -0.1) is 0 Å². The van der Waals surface area contributed by atoms with E-state index in [9.17, 15) is 9.59 Å². The van der Waals surface area contributed by atoms with Crippen LogP contribution in [0, 0.1) is 5.92 Å². The number of carbonyl (C=O) groups excluding carboxylic acids is 2. The van der Waals surface area contributed by atoms with Gasteiger partial charge in [0.15, 0.2) is 0 Å². The molecule has 150 valence electrons. The molecule has 27 heavy (non-hydrogen) atoms. The van der Waals surface area contributed by atoms with Crippen LogP contribution in [0.1, 0.15) is 80.5 Å². The van der Waals surface area contributed by atoms with Crippen molar-refractivity contribution in [3.05, 3.63) is 17.5 Å². The summed E-state index contributed by atoms with van der Waals surface area (Å²) in [4.78, 5) is 25.3. The average molecular weight is 377 g/mol. The second-order valence-corrected chi connectivity index (χ2v) is 7.74. The lowest BCUT2D eigenvalue weighted by Crippen LogP contribution is -2.43. The van der Waals surface area contributed by atoms with Gasteiger partial charge >= 0.3 is 5.97 Å². The Morgan fingerprint density at radius 2 is 2.07 bits per heavy atom. The summed E-state index contributed by atoms with van der Waals surface area (Å²) in [5.74, 6) is -0.127. The zero-order chi connectivity index (χ0) is 19.2. The Morgan fingerprint density at radius 3 is 2.74 bits per heavy atom. The highest BCUT2D eigenvalue weighted by atomic mass is 16.5. The van der Waals surface area contributed by atoms with Crippen LogP contribution in [0.25, 0.3) is 0 Å². The molecule has 0 aromatic carbocycles. The van der Waals surface area contributed by atoms with Crippen molar-refractivity contribution in [3.63, 3.8) is 0 Å². The summed E-state index contributed by atoms with van der Waals surface area (Å²) >= 11 is 0. The molecule has 2 fully saturated rings. The number of ether oxygens (including phenoxy) is 1. The molecule has 1 aromatic rings. The van der Waals surface area contributed by atoms with Crippen LogP contribution >= 0.6 is 0 Å². The van der Waals surface area contributed by atoms with E-state index in [-0.39, 0.29) is 17.9 Å². The number of aromatic nitrogens is 2. The van der Waals surface area contributed by atoms with E-state index in [0.29, 0.717) is 24.6 Å². The molecule has 2 aliphatic rings. The molecular formula is C20H32N4O3. The maximum atomic E-state index is 12.9. The zero-order valence-corrected chi connectivity index (χ0v) is 16.5. The summed E-state index contributed by atoms with van der Waals surface area (Å²) in [7, 11) is 1.77. The number of nitrogens with zero attached hydrogens (tertiary/aromatic N) is 2. The smallest absolute Gasteiger partial charge is 0.328 e. The monoisotopic (exact) mass is 376 g/mol. The van der Waals surface area contributed by atoms with Crippen molar-refractivity contribution in [3.8, 4) is 0 Å². The molecule has 1 amide bonds. The van der Waals surface area contributed by atoms with Gasteiger partial charge in [-0.3, -0.25) is 9.48 Å². The van der Waals surface area contributed by atoms with Gasteiger partial charge in [0.1, 0.15) is 11.7 Å². The van der Waals surface area contributed by atoms with E-state index in [1.807, 2.05) is 6.07 Å². The van der Waals surface area contributed by atoms with Crippen LogP contribution in [-0.4, -0.2) is 40.9 Å². The third-order valence-corrected chi connectivity index (χ3v) is 5.72. The van der Waals surface area contributed by atoms with E-state index >= 15 is 0 Å².